The van der Waals surface area contributed by atoms with Gasteiger partial charge < -0.3 is 4.84 Å². The Hall–Kier alpha value is -2.01. The van der Waals surface area contributed by atoms with Gasteiger partial charge >= 0.3 is 6.18 Å². The van der Waals surface area contributed by atoms with Crippen LogP contribution in [0.25, 0.3) is 0 Å². The highest BCUT2D eigenvalue weighted by Crippen LogP contribution is 2.33. The molecule has 0 saturated carbocycles. The third-order valence-corrected chi connectivity index (χ3v) is 3.19. The van der Waals surface area contributed by atoms with Crippen LogP contribution in [0.3, 0.4) is 0 Å². The molecule has 2 aromatic rings. The summed E-state index contributed by atoms with van der Waals surface area (Å²) in [5, 5.41) is 3.97. The third-order valence-electron chi connectivity index (χ3n) is 2.95. The summed E-state index contributed by atoms with van der Waals surface area (Å²) >= 11 is 5.78. The summed E-state index contributed by atoms with van der Waals surface area (Å²) in [6.45, 7) is 1.63. The van der Waals surface area contributed by atoms with Crippen molar-refractivity contribution in [2.24, 2.45) is 5.16 Å². The fourth-order valence-electron chi connectivity index (χ4n) is 1.89. The summed E-state index contributed by atoms with van der Waals surface area (Å²) < 4.78 is 39.0. The van der Waals surface area contributed by atoms with E-state index in [9.17, 15) is 13.2 Å². The fraction of sp³-hybridized carbons (Fsp3) is 0.188. The highest BCUT2D eigenvalue weighted by molar-refractivity contribution is 6.31. The van der Waals surface area contributed by atoms with Gasteiger partial charge in [0.1, 0.15) is 6.61 Å². The summed E-state index contributed by atoms with van der Waals surface area (Å²) in [5.74, 6) is 0. The summed E-state index contributed by atoms with van der Waals surface area (Å²) in [5.41, 5.74) is 0.112. The average molecular weight is 328 g/mol. The second-order valence-corrected chi connectivity index (χ2v) is 5.06. The number of hydrogen-bond acceptors (Lipinski definition) is 2. The predicted molar refractivity (Wildman–Crippen MR) is 79.9 cm³/mol. The lowest BCUT2D eigenvalue weighted by atomic mass is 10.0. The van der Waals surface area contributed by atoms with E-state index in [0.29, 0.717) is 0 Å². The van der Waals surface area contributed by atoms with Crippen LogP contribution in [0.1, 0.15) is 23.6 Å². The van der Waals surface area contributed by atoms with Gasteiger partial charge in [-0.1, -0.05) is 47.1 Å². The van der Waals surface area contributed by atoms with Gasteiger partial charge in [0.05, 0.1) is 11.3 Å². The van der Waals surface area contributed by atoms with Crippen molar-refractivity contribution in [1.82, 2.24) is 0 Å². The zero-order valence-corrected chi connectivity index (χ0v) is 12.4. The van der Waals surface area contributed by atoms with Gasteiger partial charge in [-0.05, 0) is 30.7 Å². The van der Waals surface area contributed by atoms with Gasteiger partial charge in [0.2, 0.25) is 0 Å². The highest BCUT2D eigenvalue weighted by atomic mass is 35.5. The number of benzene rings is 2. The molecule has 0 atom stereocenters. The van der Waals surface area contributed by atoms with Crippen LogP contribution in [0.5, 0.6) is 0 Å². The van der Waals surface area contributed by atoms with Crippen molar-refractivity contribution < 1.29 is 18.0 Å². The molecule has 0 spiro atoms. The van der Waals surface area contributed by atoms with E-state index in [2.05, 4.69) is 5.16 Å². The lowest BCUT2D eigenvalue weighted by molar-refractivity contribution is -0.137. The number of rotatable bonds is 4. The summed E-state index contributed by atoms with van der Waals surface area (Å²) in [7, 11) is 0. The Kier molecular flexibility index (Phi) is 5.08. The maximum Gasteiger partial charge on any atom is 0.417 e. The molecule has 0 radical (unpaired) electrons. The van der Waals surface area contributed by atoms with Crippen molar-refractivity contribution in [3.63, 3.8) is 0 Å². The molecule has 116 valence electrons. The number of oxime groups is 1. The fourth-order valence-corrected chi connectivity index (χ4v) is 2.06. The molecule has 2 rings (SSSR count). The molecule has 2 nitrogen and oxygen atoms in total. The third kappa shape index (κ3) is 4.24. The zero-order chi connectivity index (χ0) is 16.2. The minimum absolute atomic E-state index is 0.0898. The Morgan fingerprint density at radius 2 is 1.82 bits per heavy atom. The monoisotopic (exact) mass is 327 g/mol. The molecule has 0 bridgehead atoms. The summed E-state index contributed by atoms with van der Waals surface area (Å²) in [6, 6.07) is 12.6. The van der Waals surface area contributed by atoms with Gasteiger partial charge in [-0.3, -0.25) is 0 Å². The Morgan fingerprint density at radius 1 is 1.14 bits per heavy atom. The Bertz CT molecular complexity index is 669. The van der Waals surface area contributed by atoms with Crippen molar-refractivity contribution in [1.29, 1.82) is 0 Å². The summed E-state index contributed by atoms with van der Waals surface area (Å²) in [4.78, 5) is 5.12. The molecule has 0 amide bonds. The first-order chi connectivity index (χ1) is 10.4. The number of hydrogen-bond donors (Lipinski definition) is 0. The van der Waals surface area contributed by atoms with E-state index in [4.69, 9.17) is 16.4 Å². The highest BCUT2D eigenvalue weighted by Gasteiger charge is 2.34. The van der Waals surface area contributed by atoms with Gasteiger partial charge in [-0.25, -0.2) is 0 Å². The van der Waals surface area contributed by atoms with Crippen molar-refractivity contribution >= 4 is 17.3 Å². The molecule has 0 aliphatic heterocycles. The van der Waals surface area contributed by atoms with E-state index in [0.717, 1.165) is 11.6 Å². The van der Waals surface area contributed by atoms with Crippen LogP contribution in [-0.2, 0) is 17.6 Å². The quantitative estimate of drug-likeness (QED) is 0.551. The maximum absolute atomic E-state index is 13.0. The smallest absolute Gasteiger partial charge is 0.391 e. The molecular weight excluding hydrogens is 315 g/mol. The standard InChI is InChI=1S/C16H13ClF3NO/c1-11(21-22-10-12-5-3-2-4-6-12)14-9-13(17)7-8-15(14)16(18,19)20/h2-9H,10H2,1H3. The maximum atomic E-state index is 13.0. The van der Waals surface area contributed by atoms with Crippen molar-refractivity contribution in [2.75, 3.05) is 0 Å². The van der Waals surface area contributed by atoms with Gasteiger partial charge in [-0.15, -0.1) is 0 Å². The van der Waals surface area contributed by atoms with Crippen LogP contribution < -0.4 is 0 Å². The molecule has 0 fully saturated rings. The number of nitrogens with zero attached hydrogens (tertiary/aromatic N) is 1. The molecule has 0 saturated heterocycles. The topological polar surface area (TPSA) is 21.6 Å². The van der Waals surface area contributed by atoms with Gasteiger partial charge in [-0.2, -0.15) is 13.2 Å². The Balaban J connectivity index is 2.19. The molecule has 22 heavy (non-hydrogen) atoms. The van der Waals surface area contributed by atoms with Crippen molar-refractivity contribution in [3.05, 3.63) is 70.2 Å². The average Bonchev–Trinajstić information content (AvgIpc) is 2.47. The van der Waals surface area contributed by atoms with Crippen LogP contribution >= 0.6 is 11.6 Å². The van der Waals surface area contributed by atoms with E-state index < -0.39 is 11.7 Å². The van der Waals surface area contributed by atoms with E-state index in [1.807, 2.05) is 30.3 Å². The molecule has 0 unspecified atom stereocenters. The zero-order valence-electron chi connectivity index (χ0n) is 11.7. The van der Waals surface area contributed by atoms with Gasteiger partial charge in [0.25, 0.3) is 0 Å². The van der Waals surface area contributed by atoms with Crippen LogP contribution in [0.2, 0.25) is 5.02 Å². The van der Waals surface area contributed by atoms with Crippen LogP contribution in [-0.4, -0.2) is 5.71 Å². The first kappa shape index (κ1) is 16.4. The molecule has 2 aromatic carbocycles. The van der Waals surface area contributed by atoms with E-state index in [-0.39, 0.29) is 22.9 Å². The van der Waals surface area contributed by atoms with Crippen LogP contribution in [0.4, 0.5) is 13.2 Å². The minimum Gasteiger partial charge on any atom is -0.391 e. The lowest BCUT2D eigenvalue weighted by Gasteiger charge is -2.12. The van der Waals surface area contributed by atoms with Crippen molar-refractivity contribution in [3.8, 4) is 0 Å². The Labute approximate surface area is 131 Å². The molecule has 0 heterocycles. The van der Waals surface area contributed by atoms with Gasteiger partial charge in [0, 0.05) is 10.6 Å². The molecule has 0 aromatic heterocycles. The van der Waals surface area contributed by atoms with Crippen molar-refractivity contribution in [2.45, 2.75) is 19.7 Å². The second kappa shape index (κ2) is 6.83. The Morgan fingerprint density at radius 3 is 2.45 bits per heavy atom. The van der Waals surface area contributed by atoms with E-state index in [1.165, 1.54) is 19.1 Å². The molecule has 6 heteroatoms. The summed E-state index contributed by atoms with van der Waals surface area (Å²) in [6.07, 6.45) is -4.48. The minimum atomic E-state index is -4.48. The van der Waals surface area contributed by atoms with E-state index in [1.54, 1.807) is 0 Å². The van der Waals surface area contributed by atoms with Gasteiger partial charge in [0.15, 0.2) is 0 Å². The normalized spacial score (nSPS) is 12.3. The molecule has 0 N–H and O–H groups in total. The van der Waals surface area contributed by atoms with E-state index >= 15 is 0 Å². The first-order valence-electron chi connectivity index (χ1n) is 6.45. The predicted octanol–water partition coefficient (Wildman–Crippen LogP) is 5.30. The number of halogens is 4. The molecule has 0 aliphatic carbocycles. The van der Waals surface area contributed by atoms with Crippen LogP contribution in [0, 0.1) is 0 Å². The first-order valence-corrected chi connectivity index (χ1v) is 6.83. The number of alkyl halides is 3. The molecular formula is C16H13ClF3NO. The van der Waals surface area contributed by atoms with Crippen LogP contribution in [0.15, 0.2) is 53.7 Å². The molecule has 0 aliphatic rings. The largest absolute Gasteiger partial charge is 0.417 e. The second-order valence-electron chi connectivity index (χ2n) is 4.62. The lowest BCUT2D eigenvalue weighted by Crippen LogP contribution is -2.12. The SMILES string of the molecule is CC(=NOCc1ccccc1)c1cc(Cl)ccc1C(F)(F)F.